The molecule has 0 amide bonds. The SMILES string of the molecule is O=C(O)[C@@H]1CC[C@@H]2CN1C(O)N2OCc1ccccc1. The molecule has 2 aliphatic rings. The number of aliphatic hydroxyl groups is 1. The van der Waals surface area contributed by atoms with Gasteiger partial charge in [0, 0.05) is 6.54 Å². The lowest BCUT2D eigenvalue weighted by atomic mass is 10.0. The Morgan fingerprint density at radius 3 is 2.75 bits per heavy atom. The molecular formula is C14H18N2O4. The molecule has 2 unspecified atom stereocenters. The van der Waals surface area contributed by atoms with Crippen molar-refractivity contribution in [2.75, 3.05) is 6.54 Å². The van der Waals surface area contributed by atoms with E-state index in [4.69, 9.17) is 9.94 Å². The molecule has 1 aromatic rings. The van der Waals surface area contributed by atoms with Gasteiger partial charge < -0.3 is 10.2 Å². The van der Waals surface area contributed by atoms with Gasteiger partial charge in [0.1, 0.15) is 6.04 Å². The van der Waals surface area contributed by atoms with Gasteiger partial charge in [-0.3, -0.25) is 9.63 Å². The second-order valence-electron chi connectivity index (χ2n) is 5.25. The molecule has 108 valence electrons. The highest BCUT2D eigenvalue weighted by Gasteiger charge is 2.48. The van der Waals surface area contributed by atoms with Gasteiger partial charge in [-0.1, -0.05) is 30.3 Å². The maximum atomic E-state index is 11.2. The van der Waals surface area contributed by atoms with E-state index < -0.39 is 18.4 Å². The van der Waals surface area contributed by atoms with Crippen molar-refractivity contribution in [1.82, 2.24) is 9.96 Å². The Morgan fingerprint density at radius 1 is 1.30 bits per heavy atom. The molecule has 3 rings (SSSR count). The summed E-state index contributed by atoms with van der Waals surface area (Å²) in [6.07, 6.45) is 0.286. The summed E-state index contributed by atoms with van der Waals surface area (Å²) in [5, 5.41) is 20.9. The number of rotatable bonds is 4. The first-order valence-electron chi connectivity index (χ1n) is 6.78. The predicted molar refractivity (Wildman–Crippen MR) is 70.2 cm³/mol. The molecule has 20 heavy (non-hydrogen) atoms. The average Bonchev–Trinajstić information content (AvgIpc) is 2.70. The number of carboxylic acid groups (broad SMARTS) is 1. The Balaban J connectivity index is 1.65. The number of nitrogens with zero attached hydrogens (tertiary/aromatic N) is 2. The number of piperidine rings is 1. The van der Waals surface area contributed by atoms with Crippen LogP contribution in [0.2, 0.25) is 0 Å². The lowest BCUT2D eigenvalue weighted by Gasteiger charge is -2.28. The van der Waals surface area contributed by atoms with Crippen molar-refractivity contribution in [3.8, 4) is 0 Å². The summed E-state index contributed by atoms with van der Waals surface area (Å²) < 4.78 is 0. The minimum absolute atomic E-state index is 0.0595. The van der Waals surface area contributed by atoms with E-state index in [0.29, 0.717) is 19.6 Å². The molecule has 6 heteroatoms. The van der Waals surface area contributed by atoms with Crippen molar-refractivity contribution >= 4 is 5.97 Å². The fourth-order valence-corrected chi connectivity index (χ4v) is 2.94. The van der Waals surface area contributed by atoms with Gasteiger partial charge >= 0.3 is 5.97 Å². The second kappa shape index (κ2) is 5.49. The number of hydrogen-bond acceptors (Lipinski definition) is 5. The van der Waals surface area contributed by atoms with Gasteiger partial charge in [0.2, 0.25) is 0 Å². The van der Waals surface area contributed by atoms with E-state index in [1.807, 2.05) is 30.3 Å². The quantitative estimate of drug-likeness (QED) is 0.841. The van der Waals surface area contributed by atoms with Crippen molar-refractivity contribution in [3.63, 3.8) is 0 Å². The maximum Gasteiger partial charge on any atom is 0.321 e. The summed E-state index contributed by atoms with van der Waals surface area (Å²) in [5.41, 5.74) is 1.02. The monoisotopic (exact) mass is 278 g/mol. The lowest BCUT2D eigenvalue weighted by molar-refractivity contribution is -0.265. The highest BCUT2D eigenvalue weighted by atomic mass is 16.7. The van der Waals surface area contributed by atoms with Crippen LogP contribution in [0.3, 0.4) is 0 Å². The fraction of sp³-hybridized carbons (Fsp3) is 0.500. The van der Waals surface area contributed by atoms with E-state index in [1.165, 1.54) is 5.06 Å². The van der Waals surface area contributed by atoms with Crippen LogP contribution in [-0.2, 0) is 16.2 Å². The Kier molecular flexibility index (Phi) is 3.71. The van der Waals surface area contributed by atoms with Crippen LogP contribution in [0.4, 0.5) is 0 Å². The van der Waals surface area contributed by atoms with E-state index >= 15 is 0 Å². The number of carboxylic acids is 1. The van der Waals surface area contributed by atoms with Crippen LogP contribution in [-0.4, -0.2) is 51.1 Å². The Hall–Kier alpha value is -1.47. The van der Waals surface area contributed by atoms with Crippen LogP contribution < -0.4 is 0 Å². The second-order valence-corrected chi connectivity index (χ2v) is 5.25. The van der Waals surface area contributed by atoms with Crippen molar-refractivity contribution in [3.05, 3.63) is 35.9 Å². The normalized spacial score (nSPS) is 33.2. The summed E-state index contributed by atoms with van der Waals surface area (Å²) >= 11 is 0. The zero-order valence-electron chi connectivity index (χ0n) is 11.1. The van der Waals surface area contributed by atoms with Gasteiger partial charge in [-0.05, 0) is 18.4 Å². The number of aliphatic hydroxyl groups excluding tert-OH is 1. The molecule has 0 spiro atoms. The zero-order chi connectivity index (χ0) is 14.1. The molecule has 2 heterocycles. The standard InChI is InChI=1S/C14H18N2O4/c17-13(18)12-7-6-11-8-15(12)14(19)16(11)20-9-10-4-2-1-3-5-10/h1-5,11-12,14,19H,6-9H2,(H,17,18)/t11-,12+,14?/m1/s1. The first kappa shape index (κ1) is 13.5. The van der Waals surface area contributed by atoms with E-state index in [-0.39, 0.29) is 6.04 Å². The smallest absolute Gasteiger partial charge is 0.321 e. The van der Waals surface area contributed by atoms with Gasteiger partial charge in [0.25, 0.3) is 0 Å². The van der Waals surface area contributed by atoms with E-state index in [0.717, 1.165) is 12.0 Å². The minimum Gasteiger partial charge on any atom is -0.480 e. The van der Waals surface area contributed by atoms with Crippen LogP contribution in [0.15, 0.2) is 30.3 Å². The molecule has 2 saturated heterocycles. The van der Waals surface area contributed by atoms with Crippen molar-refractivity contribution < 1.29 is 19.8 Å². The van der Waals surface area contributed by atoms with Gasteiger partial charge in [-0.2, -0.15) is 0 Å². The van der Waals surface area contributed by atoms with E-state index in [2.05, 4.69) is 0 Å². The van der Waals surface area contributed by atoms with Crippen LogP contribution >= 0.6 is 0 Å². The lowest BCUT2D eigenvalue weighted by Crippen LogP contribution is -2.47. The summed E-state index contributed by atoms with van der Waals surface area (Å²) in [5.74, 6) is -0.882. The van der Waals surface area contributed by atoms with Gasteiger partial charge in [0.15, 0.2) is 6.35 Å². The van der Waals surface area contributed by atoms with Crippen LogP contribution in [0.1, 0.15) is 18.4 Å². The molecule has 0 aliphatic carbocycles. The van der Waals surface area contributed by atoms with E-state index in [9.17, 15) is 9.90 Å². The molecule has 0 saturated carbocycles. The largest absolute Gasteiger partial charge is 0.480 e. The van der Waals surface area contributed by atoms with Crippen LogP contribution in [0, 0.1) is 0 Å². The zero-order valence-corrected chi connectivity index (χ0v) is 11.1. The summed E-state index contributed by atoms with van der Waals surface area (Å²) in [6, 6.07) is 9.15. The first-order valence-corrected chi connectivity index (χ1v) is 6.78. The van der Waals surface area contributed by atoms with Gasteiger partial charge in [0.05, 0.1) is 12.6 Å². The summed E-state index contributed by atoms with van der Waals surface area (Å²) in [6.45, 7) is 0.910. The Bertz CT molecular complexity index is 481. The number of carbonyl (C=O) groups is 1. The molecule has 2 N–H and O–H groups in total. The topological polar surface area (TPSA) is 73.2 Å². The third-order valence-corrected chi connectivity index (χ3v) is 3.99. The molecule has 2 aliphatic heterocycles. The third-order valence-electron chi connectivity index (χ3n) is 3.99. The Morgan fingerprint density at radius 2 is 2.05 bits per heavy atom. The first-order chi connectivity index (χ1) is 9.66. The fourth-order valence-electron chi connectivity index (χ4n) is 2.94. The molecule has 6 nitrogen and oxygen atoms in total. The molecular weight excluding hydrogens is 260 g/mol. The minimum atomic E-state index is -0.979. The summed E-state index contributed by atoms with van der Waals surface area (Å²) in [7, 11) is 0. The predicted octanol–water partition coefficient (Wildman–Crippen LogP) is 0.627. The number of benzene rings is 1. The highest BCUT2D eigenvalue weighted by molar-refractivity contribution is 5.73. The van der Waals surface area contributed by atoms with Gasteiger partial charge in [-0.25, -0.2) is 4.90 Å². The number of hydrogen-bond donors (Lipinski definition) is 2. The maximum absolute atomic E-state index is 11.2. The third kappa shape index (κ3) is 2.43. The molecule has 1 aromatic carbocycles. The van der Waals surface area contributed by atoms with Crippen LogP contribution in [0.25, 0.3) is 0 Å². The molecule has 2 fully saturated rings. The van der Waals surface area contributed by atoms with Crippen molar-refractivity contribution in [2.24, 2.45) is 0 Å². The van der Waals surface area contributed by atoms with Gasteiger partial charge in [-0.15, -0.1) is 5.06 Å². The highest BCUT2D eigenvalue weighted by Crippen LogP contribution is 2.32. The Labute approximate surface area is 117 Å². The number of fused-ring (bicyclic) bond motifs is 2. The molecule has 4 atom stereocenters. The molecule has 0 aromatic heterocycles. The van der Waals surface area contributed by atoms with E-state index in [1.54, 1.807) is 4.90 Å². The summed E-state index contributed by atoms with van der Waals surface area (Å²) in [4.78, 5) is 18.4. The van der Waals surface area contributed by atoms with Crippen LogP contribution in [0.5, 0.6) is 0 Å². The van der Waals surface area contributed by atoms with Crippen molar-refractivity contribution in [2.45, 2.75) is 37.9 Å². The van der Waals surface area contributed by atoms with Crippen molar-refractivity contribution in [1.29, 1.82) is 0 Å². The average molecular weight is 278 g/mol. The number of hydroxylamine groups is 2. The number of aliphatic carboxylic acids is 1. The molecule has 0 radical (unpaired) electrons. The molecule has 2 bridgehead atoms.